The van der Waals surface area contributed by atoms with Gasteiger partial charge >= 0.3 is 5.97 Å². The number of furan rings is 1. The van der Waals surface area contributed by atoms with Crippen LogP contribution in [0.2, 0.25) is 0 Å². The quantitative estimate of drug-likeness (QED) is 0.792. The molecule has 0 bridgehead atoms. The number of carbonyl (C=O) groups is 2. The van der Waals surface area contributed by atoms with Gasteiger partial charge < -0.3 is 19.7 Å². The maximum Gasteiger partial charge on any atom is 0.371 e. The van der Waals surface area contributed by atoms with E-state index in [1.165, 1.54) is 12.1 Å². The van der Waals surface area contributed by atoms with Crippen molar-refractivity contribution in [2.45, 2.75) is 19.4 Å². The van der Waals surface area contributed by atoms with E-state index in [9.17, 15) is 9.59 Å². The van der Waals surface area contributed by atoms with Crippen molar-refractivity contribution in [3.05, 3.63) is 23.7 Å². The Bertz CT molecular complexity index is 425. The molecule has 1 unspecified atom stereocenters. The number of carboxylic acid groups (broad SMARTS) is 1. The standard InChI is InChI=1S/C12H18N2O4/c1-8(6-7-14(2)3)13-11(15)9-4-5-10(18-9)12(16)17/h4-5,8H,6-7H2,1-3H3,(H,13,15)(H,16,17). The number of carboxylic acids is 1. The molecule has 1 aromatic heterocycles. The number of nitrogens with one attached hydrogen (secondary N) is 1. The Labute approximate surface area is 106 Å². The molecule has 1 atom stereocenters. The summed E-state index contributed by atoms with van der Waals surface area (Å²) in [7, 11) is 3.92. The summed E-state index contributed by atoms with van der Waals surface area (Å²) in [4.78, 5) is 24.4. The fourth-order valence-electron chi connectivity index (χ4n) is 1.39. The molecule has 100 valence electrons. The first-order chi connectivity index (χ1) is 8.40. The Morgan fingerprint density at radius 1 is 1.39 bits per heavy atom. The fourth-order valence-corrected chi connectivity index (χ4v) is 1.39. The monoisotopic (exact) mass is 254 g/mol. The molecule has 0 spiro atoms. The minimum Gasteiger partial charge on any atom is -0.475 e. The summed E-state index contributed by atoms with van der Waals surface area (Å²) in [6.07, 6.45) is 0.811. The van der Waals surface area contributed by atoms with Gasteiger partial charge in [0.15, 0.2) is 5.76 Å². The van der Waals surface area contributed by atoms with E-state index < -0.39 is 11.9 Å². The zero-order chi connectivity index (χ0) is 13.7. The van der Waals surface area contributed by atoms with Crippen LogP contribution >= 0.6 is 0 Å². The molecule has 0 fully saturated rings. The Morgan fingerprint density at radius 3 is 2.50 bits per heavy atom. The van der Waals surface area contributed by atoms with Gasteiger partial charge in [-0.05, 0) is 46.1 Å². The van der Waals surface area contributed by atoms with Crippen molar-refractivity contribution in [1.29, 1.82) is 0 Å². The highest BCUT2D eigenvalue weighted by Gasteiger charge is 2.16. The molecule has 18 heavy (non-hydrogen) atoms. The molecule has 0 radical (unpaired) electrons. The summed E-state index contributed by atoms with van der Waals surface area (Å²) in [6, 6.07) is 2.62. The van der Waals surface area contributed by atoms with E-state index in [1.54, 1.807) is 0 Å². The van der Waals surface area contributed by atoms with E-state index in [2.05, 4.69) is 5.32 Å². The average molecular weight is 254 g/mol. The van der Waals surface area contributed by atoms with E-state index in [4.69, 9.17) is 9.52 Å². The van der Waals surface area contributed by atoms with Gasteiger partial charge in [-0.1, -0.05) is 0 Å². The van der Waals surface area contributed by atoms with Crippen molar-refractivity contribution < 1.29 is 19.1 Å². The van der Waals surface area contributed by atoms with Crippen LogP contribution in [0, 0.1) is 0 Å². The van der Waals surface area contributed by atoms with Gasteiger partial charge in [0.2, 0.25) is 5.76 Å². The molecule has 0 saturated carbocycles. The van der Waals surface area contributed by atoms with Crippen LogP contribution in [0.3, 0.4) is 0 Å². The van der Waals surface area contributed by atoms with Crippen LogP contribution < -0.4 is 5.32 Å². The Hall–Kier alpha value is -1.82. The first kappa shape index (κ1) is 14.2. The summed E-state index contributed by atoms with van der Waals surface area (Å²) in [5, 5.41) is 11.4. The fraction of sp³-hybridized carbons (Fsp3) is 0.500. The molecule has 0 aliphatic rings. The lowest BCUT2D eigenvalue weighted by Crippen LogP contribution is -2.34. The second-order valence-electron chi connectivity index (χ2n) is 4.44. The normalized spacial score (nSPS) is 12.4. The summed E-state index contributed by atoms with van der Waals surface area (Å²) < 4.78 is 4.91. The second kappa shape index (κ2) is 6.20. The number of hydrogen-bond acceptors (Lipinski definition) is 4. The number of carbonyl (C=O) groups excluding carboxylic acids is 1. The van der Waals surface area contributed by atoms with Crippen molar-refractivity contribution in [3.8, 4) is 0 Å². The third kappa shape index (κ3) is 4.21. The van der Waals surface area contributed by atoms with Gasteiger partial charge in [-0.15, -0.1) is 0 Å². The Kier molecular flexibility index (Phi) is 4.91. The lowest BCUT2D eigenvalue weighted by molar-refractivity contribution is 0.0659. The van der Waals surface area contributed by atoms with Gasteiger partial charge in [0.1, 0.15) is 0 Å². The van der Waals surface area contributed by atoms with Crippen LogP contribution in [0.1, 0.15) is 34.5 Å². The van der Waals surface area contributed by atoms with E-state index in [0.29, 0.717) is 0 Å². The highest BCUT2D eigenvalue weighted by molar-refractivity contribution is 5.93. The minimum atomic E-state index is -1.19. The number of amides is 1. The van der Waals surface area contributed by atoms with Crippen LogP contribution in [0.4, 0.5) is 0 Å². The predicted molar refractivity (Wildman–Crippen MR) is 65.8 cm³/mol. The van der Waals surface area contributed by atoms with Gasteiger partial charge in [0.05, 0.1) is 0 Å². The lowest BCUT2D eigenvalue weighted by Gasteiger charge is -2.15. The molecule has 1 amide bonds. The van der Waals surface area contributed by atoms with E-state index in [0.717, 1.165) is 13.0 Å². The van der Waals surface area contributed by atoms with Gasteiger partial charge in [-0.3, -0.25) is 4.79 Å². The van der Waals surface area contributed by atoms with Crippen LogP contribution in [0.15, 0.2) is 16.5 Å². The number of aromatic carboxylic acids is 1. The first-order valence-corrected chi connectivity index (χ1v) is 5.69. The molecule has 1 rings (SSSR count). The second-order valence-corrected chi connectivity index (χ2v) is 4.44. The number of hydrogen-bond donors (Lipinski definition) is 2. The minimum absolute atomic E-state index is 0.00159. The topological polar surface area (TPSA) is 82.8 Å². The zero-order valence-corrected chi connectivity index (χ0v) is 10.8. The molecular formula is C12H18N2O4. The summed E-state index contributed by atoms with van der Waals surface area (Å²) >= 11 is 0. The third-order valence-electron chi connectivity index (χ3n) is 2.43. The van der Waals surface area contributed by atoms with Crippen molar-refractivity contribution in [2.24, 2.45) is 0 Å². The van der Waals surface area contributed by atoms with Crippen molar-refractivity contribution in [3.63, 3.8) is 0 Å². The molecule has 1 heterocycles. The molecule has 0 saturated heterocycles. The molecule has 1 aromatic rings. The summed E-state index contributed by atoms with van der Waals surface area (Å²) in [5.74, 6) is -1.80. The molecule has 6 heteroatoms. The van der Waals surface area contributed by atoms with Crippen molar-refractivity contribution in [2.75, 3.05) is 20.6 Å². The van der Waals surface area contributed by atoms with Gasteiger partial charge in [-0.2, -0.15) is 0 Å². The average Bonchev–Trinajstić information content (AvgIpc) is 2.75. The summed E-state index contributed by atoms with van der Waals surface area (Å²) in [5.41, 5.74) is 0. The number of rotatable bonds is 6. The molecule has 0 aliphatic carbocycles. The maximum absolute atomic E-state index is 11.7. The van der Waals surface area contributed by atoms with Crippen molar-refractivity contribution in [1.82, 2.24) is 10.2 Å². The zero-order valence-electron chi connectivity index (χ0n) is 10.8. The molecule has 0 aromatic carbocycles. The van der Waals surface area contributed by atoms with Crippen LogP contribution in [-0.4, -0.2) is 48.6 Å². The van der Waals surface area contributed by atoms with E-state index >= 15 is 0 Å². The lowest BCUT2D eigenvalue weighted by atomic mass is 10.2. The number of nitrogens with zero attached hydrogens (tertiary/aromatic N) is 1. The first-order valence-electron chi connectivity index (χ1n) is 5.69. The van der Waals surface area contributed by atoms with Crippen molar-refractivity contribution >= 4 is 11.9 Å². The molecule has 6 nitrogen and oxygen atoms in total. The van der Waals surface area contributed by atoms with Crippen LogP contribution in [-0.2, 0) is 0 Å². The molecule has 2 N–H and O–H groups in total. The van der Waals surface area contributed by atoms with Gasteiger partial charge in [0, 0.05) is 6.04 Å². The third-order valence-corrected chi connectivity index (χ3v) is 2.43. The highest BCUT2D eigenvalue weighted by atomic mass is 16.4. The SMILES string of the molecule is CC(CCN(C)C)NC(=O)c1ccc(C(=O)O)o1. The summed E-state index contributed by atoms with van der Waals surface area (Å²) in [6.45, 7) is 2.75. The van der Waals surface area contributed by atoms with E-state index in [1.807, 2.05) is 25.9 Å². The molecular weight excluding hydrogens is 236 g/mol. The van der Waals surface area contributed by atoms with Crippen LogP contribution in [0.25, 0.3) is 0 Å². The van der Waals surface area contributed by atoms with Gasteiger partial charge in [0.25, 0.3) is 5.91 Å². The Morgan fingerprint density at radius 2 is 2.00 bits per heavy atom. The van der Waals surface area contributed by atoms with E-state index in [-0.39, 0.29) is 17.6 Å². The predicted octanol–water partition coefficient (Wildman–Crippen LogP) is 1.05. The molecule has 0 aliphatic heterocycles. The van der Waals surface area contributed by atoms with Gasteiger partial charge in [-0.25, -0.2) is 4.79 Å². The van der Waals surface area contributed by atoms with Crippen LogP contribution in [0.5, 0.6) is 0 Å². The Balaban J connectivity index is 2.51. The largest absolute Gasteiger partial charge is 0.475 e. The smallest absolute Gasteiger partial charge is 0.371 e. The highest BCUT2D eigenvalue weighted by Crippen LogP contribution is 2.08. The maximum atomic E-state index is 11.7.